The van der Waals surface area contributed by atoms with Gasteiger partial charge in [-0.2, -0.15) is 0 Å². The molecular weight excluding hydrogens is 354 g/mol. The van der Waals surface area contributed by atoms with Gasteiger partial charge < -0.3 is 10.4 Å². The van der Waals surface area contributed by atoms with Crippen LogP contribution in [0.4, 0.5) is 0 Å². The maximum Gasteiger partial charge on any atom is 0.308 e. The first-order valence-electron chi connectivity index (χ1n) is 6.74. The molecule has 1 atom stereocenters. The van der Waals surface area contributed by atoms with E-state index in [1.165, 1.54) is 11.8 Å². The molecule has 1 aromatic rings. The molecule has 0 spiro atoms. The minimum atomic E-state index is -0.871. The lowest BCUT2D eigenvalue weighted by molar-refractivity contribution is -0.141. The first kappa shape index (κ1) is 18.0. The van der Waals surface area contributed by atoms with Gasteiger partial charge in [0.05, 0.1) is 11.7 Å². The monoisotopic (exact) mass is 373 g/mol. The fourth-order valence-corrected chi connectivity index (χ4v) is 3.14. The molecule has 0 aliphatic rings. The molecule has 0 bridgehead atoms. The third kappa shape index (κ3) is 5.71. The molecule has 1 amide bonds. The Morgan fingerprint density at radius 2 is 2.00 bits per heavy atom. The zero-order valence-electron chi connectivity index (χ0n) is 12.4. The van der Waals surface area contributed by atoms with Gasteiger partial charge in [-0.25, -0.2) is 0 Å². The first-order chi connectivity index (χ1) is 9.85. The number of aryl methyl sites for hydroxylation is 2. The van der Waals surface area contributed by atoms with Crippen LogP contribution in [0.5, 0.6) is 0 Å². The number of nitrogens with one attached hydrogen (secondary N) is 1. The van der Waals surface area contributed by atoms with Crippen molar-refractivity contribution in [3.8, 4) is 0 Å². The number of carbonyl (C=O) groups excluding carboxylic acids is 1. The molecule has 0 saturated carbocycles. The van der Waals surface area contributed by atoms with Gasteiger partial charge in [0.2, 0.25) is 5.91 Å². The number of aliphatic carboxylic acids is 1. The van der Waals surface area contributed by atoms with E-state index in [0.717, 1.165) is 20.5 Å². The number of hydrogen-bond donors (Lipinski definition) is 2. The molecule has 0 heterocycles. The smallest absolute Gasteiger partial charge is 0.308 e. The van der Waals surface area contributed by atoms with E-state index < -0.39 is 11.9 Å². The van der Waals surface area contributed by atoms with Crippen LogP contribution < -0.4 is 5.32 Å². The molecule has 0 radical (unpaired) electrons. The van der Waals surface area contributed by atoms with E-state index in [9.17, 15) is 9.59 Å². The topological polar surface area (TPSA) is 66.4 Å². The highest BCUT2D eigenvalue weighted by Gasteiger charge is 2.16. The summed E-state index contributed by atoms with van der Waals surface area (Å²) in [6, 6.07) is 4.08. The van der Waals surface area contributed by atoms with Crippen LogP contribution in [0.2, 0.25) is 0 Å². The van der Waals surface area contributed by atoms with Crippen LogP contribution in [0.15, 0.2) is 21.5 Å². The van der Waals surface area contributed by atoms with Gasteiger partial charge in [0.1, 0.15) is 0 Å². The Labute approximate surface area is 137 Å². The summed E-state index contributed by atoms with van der Waals surface area (Å²) in [4.78, 5) is 23.7. The van der Waals surface area contributed by atoms with Crippen molar-refractivity contribution in [2.45, 2.75) is 32.1 Å². The number of hydrogen-bond acceptors (Lipinski definition) is 3. The van der Waals surface area contributed by atoms with Crippen LogP contribution in [-0.4, -0.2) is 29.3 Å². The fraction of sp³-hybridized carbons (Fsp3) is 0.467. The van der Waals surface area contributed by atoms with E-state index in [1.54, 1.807) is 6.92 Å². The van der Waals surface area contributed by atoms with Gasteiger partial charge in [0, 0.05) is 15.9 Å². The third-order valence-electron chi connectivity index (χ3n) is 3.20. The zero-order valence-corrected chi connectivity index (χ0v) is 14.8. The molecule has 21 heavy (non-hydrogen) atoms. The number of carboxylic acids is 1. The molecule has 1 aromatic carbocycles. The van der Waals surface area contributed by atoms with E-state index in [0.29, 0.717) is 6.42 Å². The average Bonchev–Trinajstić information content (AvgIpc) is 2.41. The highest BCUT2D eigenvalue weighted by molar-refractivity contribution is 9.10. The average molecular weight is 374 g/mol. The summed E-state index contributed by atoms with van der Waals surface area (Å²) >= 11 is 4.94. The van der Waals surface area contributed by atoms with Crippen LogP contribution >= 0.6 is 27.7 Å². The molecule has 2 N–H and O–H groups in total. The highest BCUT2D eigenvalue weighted by atomic mass is 79.9. The molecular formula is C15H20BrNO3S. The lowest BCUT2D eigenvalue weighted by Gasteiger charge is -2.12. The number of benzene rings is 1. The number of amides is 1. The van der Waals surface area contributed by atoms with Crippen molar-refractivity contribution in [3.63, 3.8) is 0 Å². The number of halogens is 1. The fourth-order valence-electron chi connectivity index (χ4n) is 1.75. The van der Waals surface area contributed by atoms with Gasteiger partial charge in [-0.15, -0.1) is 11.8 Å². The van der Waals surface area contributed by atoms with Crippen LogP contribution in [0.3, 0.4) is 0 Å². The Morgan fingerprint density at radius 1 is 1.33 bits per heavy atom. The SMILES string of the molecule is CCC(CNC(=O)CSc1cc(C)c(Br)cc1C)C(=O)O. The second kappa shape index (κ2) is 8.44. The summed E-state index contributed by atoms with van der Waals surface area (Å²) in [6.07, 6.45) is 0.508. The molecule has 1 rings (SSSR count). The normalized spacial score (nSPS) is 12.0. The van der Waals surface area contributed by atoms with Gasteiger partial charge in [-0.3, -0.25) is 9.59 Å². The van der Waals surface area contributed by atoms with Gasteiger partial charge in [-0.05, 0) is 43.5 Å². The van der Waals surface area contributed by atoms with Crippen molar-refractivity contribution in [1.29, 1.82) is 0 Å². The minimum Gasteiger partial charge on any atom is -0.481 e. The highest BCUT2D eigenvalue weighted by Crippen LogP contribution is 2.28. The van der Waals surface area contributed by atoms with Gasteiger partial charge in [-0.1, -0.05) is 22.9 Å². The molecule has 116 valence electrons. The lowest BCUT2D eigenvalue weighted by atomic mass is 10.1. The summed E-state index contributed by atoms with van der Waals surface area (Å²) < 4.78 is 1.06. The van der Waals surface area contributed by atoms with E-state index in [1.807, 2.05) is 26.0 Å². The summed E-state index contributed by atoms with van der Waals surface area (Å²) in [6.45, 7) is 5.99. The molecule has 1 unspecified atom stereocenters. The summed E-state index contributed by atoms with van der Waals surface area (Å²) in [7, 11) is 0. The van der Waals surface area contributed by atoms with Crippen molar-refractivity contribution in [2.24, 2.45) is 5.92 Å². The Morgan fingerprint density at radius 3 is 2.57 bits per heavy atom. The summed E-state index contributed by atoms with van der Waals surface area (Å²) in [5.41, 5.74) is 2.24. The van der Waals surface area contributed by atoms with E-state index in [2.05, 4.69) is 21.2 Å². The number of carbonyl (C=O) groups is 2. The largest absolute Gasteiger partial charge is 0.481 e. The maximum atomic E-state index is 11.8. The van der Waals surface area contributed by atoms with Crippen LogP contribution in [0.25, 0.3) is 0 Å². The van der Waals surface area contributed by atoms with Crippen molar-refractivity contribution < 1.29 is 14.7 Å². The lowest BCUT2D eigenvalue weighted by Crippen LogP contribution is -2.33. The predicted octanol–water partition coefficient (Wildman–Crippen LogP) is 3.39. The molecule has 0 aliphatic heterocycles. The second-order valence-corrected chi connectivity index (χ2v) is 6.77. The first-order valence-corrected chi connectivity index (χ1v) is 8.52. The van der Waals surface area contributed by atoms with Crippen molar-refractivity contribution in [2.75, 3.05) is 12.3 Å². The van der Waals surface area contributed by atoms with Crippen LogP contribution in [0, 0.1) is 19.8 Å². The van der Waals surface area contributed by atoms with Crippen LogP contribution in [0.1, 0.15) is 24.5 Å². The molecule has 4 nitrogen and oxygen atoms in total. The molecule has 0 aliphatic carbocycles. The third-order valence-corrected chi connectivity index (χ3v) is 5.21. The maximum absolute atomic E-state index is 11.8. The van der Waals surface area contributed by atoms with Gasteiger partial charge >= 0.3 is 5.97 Å². The van der Waals surface area contributed by atoms with Crippen molar-refractivity contribution in [1.82, 2.24) is 5.32 Å². The van der Waals surface area contributed by atoms with Crippen molar-refractivity contribution >= 4 is 39.6 Å². The molecule has 0 aromatic heterocycles. The molecule has 0 saturated heterocycles. The minimum absolute atomic E-state index is 0.139. The quantitative estimate of drug-likeness (QED) is 0.718. The molecule has 6 heteroatoms. The predicted molar refractivity (Wildman–Crippen MR) is 88.8 cm³/mol. The number of carboxylic acid groups (broad SMARTS) is 1. The van der Waals surface area contributed by atoms with E-state index in [4.69, 9.17) is 5.11 Å². The second-order valence-electron chi connectivity index (χ2n) is 4.90. The van der Waals surface area contributed by atoms with Gasteiger partial charge in [0.15, 0.2) is 0 Å². The van der Waals surface area contributed by atoms with Crippen LogP contribution in [-0.2, 0) is 9.59 Å². The van der Waals surface area contributed by atoms with E-state index in [-0.39, 0.29) is 18.2 Å². The van der Waals surface area contributed by atoms with Gasteiger partial charge in [0.25, 0.3) is 0 Å². The Bertz CT molecular complexity index is 534. The van der Waals surface area contributed by atoms with Crippen molar-refractivity contribution in [3.05, 3.63) is 27.7 Å². The standard InChI is InChI=1S/C15H20BrNO3S/c1-4-11(15(19)20)7-17-14(18)8-21-13-6-9(2)12(16)5-10(13)3/h5-6,11H,4,7-8H2,1-3H3,(H,17,18)(H,19,20). The number of thioether (sulfide) groups is 1. The zero-order chi connectivity index (χ0) is 16.0. The summed E-state index contributed by atoms with van der Waals surface area (Å²) in [5, 5.41) is 11.6. The summed E-state index contributed by atoms with van der Waals surface area (Å²) in [5.74, 6) is -1.24. The number of rotatable bonds is 7. The Balaban J connectivity index is 2.50. The Kier molecular flexibility index (Phi) is 7.25. The molecule has 0 fully saturated rings. The van der Waals surface area contributed by atoms with E-state index >= 15 is 0 Å². The Hall–Kier alpha value is -1.01.